The molecule has 0 rings (SSSR count). The predicted octanol–water partition coefficient (Wildman–Crippen LogP) is 3.29. The molecule has 0 radical (unpaired) electrons. The number of carbonyl (C=O) groups excluding carboxylic acids is 2. The second-order valence-electron chi connectivity index (χ2n) is 4.68. The van der Waals surface area contributed by atoms with Crippen molar-refractivity contribution in [2.75, 3.05) is 0 Å². The zero-order valence-corrected chi connectivity index (χ0v) is 12.0. The van der Waals surface area contributed by atoms with E-state index in [0.29, 0.717) is 0 Å². The van der Waals surface area contributed by atoms with E-state index in [1.807, 2.05) is 0 Å². The van der Waals surface area contributed by atoms with Crippen LogP contribution in [-0.4, -0.2) is 47.2 Å². The summed E-state index contributed by atoms with van der Waals surface area (Å²) in [5, 5.41) is 0. The number of halogens is 6. The van der Waals surface area contributed by atoms with Crippen LogP contribution in [-0.2, 0) is 9.53 Å². The maximum Gasteiger partial charge on any atom is 0.491 e. The van der Waals surface area contributed by atoms with Crippen LogP contribution in [0.4, 0.5) is 31.1 Å². The second kappa shape index (κ2) is 6.97. The number of alkyl halides is 6. The molecule has 0 fully saturated rings. The van der Waals surface area contributed by atoms with E-state index < -0.39 is 42.3 Å². The van der Waals surface area contributed by atoms with E-state index in [1.54, 1.807) is 0 Å². The molecule has 0 saturated carbocycles. The van der Waals surface area contributed by atoms with Crippen molar-refractivity contribution in [3.8, 4) is 0 Å². The van der Waals surface area contributed by atoms with E-state index in [-0.39, 0.29) is 0 Å². The van der Waals surface area contributed by atoms with Gasteiger partial charge in [0.2, 0.25) is 0 Å². The molecule has 0 aromatic carbocycles. The Kier molecular flexibility index (Phi) is 6.39. The fourth-order valence-electron chi connectivity index (χ4n) is 1.47. The minimum atomic E-state index is -5.65. The third kappa shape index (κ3) is 5.90. The molecule has 0 aliphatic heterocycles. The summed E-state index contributed by atoms with van der Waals surface area (Å²) in [4.78, 5) is 25.5. The molecule has 0 heterocycles. The van der Waals surface area contributed by atoms with Crippen LogP contribution >= 0.6 is 0 Å². The quantitative estimate of drug-likeness (QED) is 0.336. The summed E-state index contributed by atoms with van der Waals surface area (Å²) in [6.45, 7) is 5.90. The molecule has 2 amide bonds. The van der Waals surface area contributed by atoms with Gasteiger partial charge in [-0.2, -0.15) is 31.3 Å². The number of esters is 1. The van der Waals surface area contributed by atoms with Gasteiger partial charge in [0.25, 0.3) is 0 Å². The summed E-state index contributed by atoms with van der Waals surface area (Å²) >= 11 is 0. The number of hydrogen-bond acceptors (Lipinski definition) is 3. The van der Waals surface area contributed by atoms with Crippen molar-refractivity contribution in [1.29, 1.82) is 0 Å². The third-order valence-electron chi connectivity index (χ3n) is 2.19. The molecular weight excluding hydrogens is 322 g/mol. The predicted molar refractivity (Wildman–Crippen MR) is 63.1 cm³/mol. The van der Waals surface area contributed by atoms with Gasteiger partial charge in [-0.25, -0.2) is 9.59 Å². The number of nitrogens with zero attached hydrogens (tertiary/aromatic N) is 2. The highest BCUT2D eigenvalue weighted by Crippen LogP contribution is 2.23. The topological polar surface area (TPSA) is 59.0 Å². The zero-order valence-electron chi connectivity index (χ0n) is 12.0. The van der Waals surface area contributed by atoms with E-state index in [9.17, 15) is 35.9 Å². The molecule has 0 N–H and O–H groups in total. The molecular formula is C11H14F6N2O3. The van der Waals surface area contributed by atoms with Gasteiger partial charge in [0.15, 0.2) is 0 Å². The molecule has 0 aromatic rings. The Morgan fingerprint density at radius 3 is 1.59 bits per heavy atom. The van der Waals surface area contributed by atoms with Crippen molar-refractivity contribution < 1.29 is 40.7 Å². The van der Waals surface area contributed by atoms with Crippen LogP contribution in [0.25, 0.3) is 0 Å². The van der Waals surface area contributed by atoms with Gasteiger partial charge in [-0.1, -0.05) is 0 Å². The highest BCUT2D eigenvalue weighted by atomic mass is 19.4. The normalized spacial score (nSPS) is 13.5. The number of urea groups is 1. The van der Waals surface area contributed by atoms with E-state index >= 15 is 0 Å². The van der Waals surface area contributed by atoms with Gasteiger partial charge >= 0.3 is 30.3 Å². The van der Waals surface area contributed by atoms with E-state index in [1.165, 1.54) is 27.7 Å². The lowest BCUT2D eigenvalue weighted by Gasteiger charge is -2.28. The molecule has 0 spiro atoms. The molecule has 0 atom stereocenters. The van der Waals surface area contributed by atoms with Gasteiger partial charge in [0.05, 0.1) is 0 Å². The molecule has 0 saturated heterocycles. The monoisotopic (exact) mass is 336 g/mol. The average molecular weight is 336 g/mol. The fraction of sp³-hybridized carbons (Fsp3) is 0.727. The molecule has 0 aliphatic carbocycles. The first kappa shape index (κ1) is 20.2. The van der Waals surface area contributed by atoms with Crippen molar-refractivity contribution >= 4 is 17.9 Å². The smallest absolute Gasteiger partial charge is 0.395 e. The largest absolute Gasteiger partial charge is 0.491 e. The zero-order chi connectivity index (χ0) is 17.9. The van der Waals surface area contributed by atoms with Gasteiger partial charge in [-0.05, 0) is 27.7 Å². The van der Waals surface area contributed by atoms with E-state index in [2.05, 4.69) is 9.73 Å². The van der Waals surface area contributed by atoms with Gasteiger partial charge in [0, 0.05) is 12.1 Å². The Labute approximate surface area is 121 Å². The summed E-state index contributed by atoms with van der Waals surface area (Å²) < 4.78 is 76.7. The van der Waals surface area contributed by atoms with Gasteiger partial charge in [0.1, 0.15) is 0 Å². The first-order chi connectivity index (χ1) is 9.67. The van der Waals surface area contributed by atoms with Crippen molar-refractivity contribution in [2.24, 2.45) is 4.99 Å². The summed E-state index contributed by atoms with van der Waals surface area (Å²) in [7, 11) is 0. The lowest BCUT2D eigenvalue weighted by atomic mass is 10.2. The molecule has 22 heavy (non-hydrogen) atoms. The Hall–Kier alpha value is -1.81. The highest BCUT2D eigenvalue weighted by molar-refractivity contribution is 5.99. The molecule has 11 heteroatoms. The van der Waals surface area contributed by atoms with Crippen LogP contribution < -0.4 is 0 Å². The molecule has 0 unspecified atom stereocenters. The summed E-state index contributed by atoms with van der Waals surface area (Å²) in [5.41, 5.74) is 0. The minimum Gasteiger partial charge on any atom is -0.395 e. The Morgan fingerprint density at radius 1 is 0.909 bits per heavy atom. The van der Waals surface area contributed by atoms with Gasteiger partial charge < -0.3 is 9.64 Å². The number of amides is 2. The van der Waals surface area contributed by atoms with Crippen LogP contribution in [0.1, 0.15) is 27.7 Å². The Morgan fingerprint density at radius 2 is 1.32 bits per heavy atom. The SMILES string of the molecule is CC(C)N(C(=O)/N=C(\OC(=O)C(F)(F)F)C(F)(F)F)C(C)C. The van der Waals surface area contributed by atoms with Gasteiger partial charge in [-0.3, -0.25) is 0 Å². The second-order valence-corrected chi connectivity index (χ2v) is 4.68. The van der Waals surface area contributed by atoms with Crippen LogP contribution in [0.3, 0.4) is 0 Å². The van der Waals surface area contributed by atoms with Gasteiger partial charge in [-0.15, -0.1) is 0 Å². The maximum absolute atomic E-state index is 12.5. The summed E-state index contributed by atoms with van der Waals surface area (Å²) in [6, 6.07) is -2.60. The van der Waals surface area contributed by atoms with E-state index in [0.717, 1.165) is 4.90 Å². The Bertz CT molecular complexity index is 446. The molecule has 0 bridgehead atoms. The molecule has 0 aliphatic rings. The van der Waals surface area contributed by atoms with Crippen LogP contribution in [0.15, 0.2) is 4.99 Å². The van der Waals surface area contributed by atoms with Crippen LogP contribution in [0, 0.1) is 0 Å². The van der Waals surface area contributed by atoms with Crippen LogP contribution in [0.2, 0.25) is 0 Å². The molecule has 5 nitrogen and oxygen atoms in total. The lowest BCUT2D eigenvalue weighted by molar-refractivity contribution is -0.194. The molecule has 0 aromatic heterocycles. The third-order valence-corrected chi connectivity index (χ3v) is 2.19. The highest BCUT2D eigenvalue weighted by Gasteiger charge is 2.48. The minimum absolute atomic E-state index is 0.566. The first-order valence-electron chi connectivity index (χ1n) is 5.95. The number of carbonyl (C=O) groups is 2. The summed E-state index contributed by atoms with van der Waals surface area (Å²) in [5.74, 6) is -5.68. The van der Waals surface area contributed by atoms with Crippen LogP contribution in [0.5, 0.6) is 0 Å². The Balaban J connectivity index is 5.54. The fourth-order valence-corrected chi connectivity index (χ4v) is 1.47. The molecule has 128 valence electrons. The number of aliphatic imine (C=N–C) groups is 1. The maximum atomic E-state index is 12.5. The number of hydrogen-bond donors (Lipinski definition) is 0. The first-order valence-corrected chi connectivity index (χ1v) is 5.95. The van der Waals surface area contributed by atoms with Crippen molar-refractivity contribution in [3.63, 3.8) is 0 Å². The number of ether oxygens (including phenoxy) is 1. The van der Waals surface area contributed by atoms with Crippen molar-refractivity contribution in [1.82, 2.24) is 4.90 Å². The average Bonchev–Trinajstić information content (AvgIpc) is 2.23. The summed E-state index contributed by atoms with van der Waals surface area (Å²) in [6.07, 6.45) is -11.2. The standard InChI is InChI=1S/C11H14F6N2O3/c1-5(2)19(6(3)4)9(21)18-7(10(12,13)14)22-8(20)11(15,16)17/h5-6H,1-4H3/b18-7-. The number of rotatable bonds is 2. The lowest BCUT2D eigenvalue weighted by Crippen LogP contribution is -2.42. The van der Waals surface area contributed by atoms with Crippen molar-refractivity contribution in [2.45, 2.75) is 52.1 Å². The van der Waals surface area contributed by atoms with E-state index in [4.69, 9.17) is 0 Å². The van der Waals surface area contributed by atoms with Crippen molar-refractivity contribution in [3.05, 3.63) is 0 Å².